The van der Waals surface area contributed by atoms with Gasteiger partial charge in [-0.2, -0.15) is 0 Å². The number of benzene rings is 2. The molecule has 3 aliphatic heterocycles. The molecule has 6 heteroatoms. The van der Waals surface area contributed by atoms with Crippen LogP contribution in [0.5, 0.6) is 11.5 Å². The fourth-order valence-electron chi connectivity index (χ4n) is 5.47. The zero-order valence-electron chi connectivity index (χ0n) is 18.9. The van der Waals surface area contributed by atoms with Crippen LogP contribution in [0.15, 0.2) is 36.4 Å². The van der Waals surface area contributed by atoms with E-state index in [0.29, 0.717) is 17.0 Å². The molecule has 2 aromatic carbocycles. The van der Waals surface area contributed by atoms with E-state index >= 15 is 0 Å². The van der Waals surface area contributed by atoms with Crippen LogP contribution in [-0.4, -0.2) is 69.5 Å². The third-order valence-electron chi connectivity index (χ3n) is 7.14. The van der Waals surface area contributed by atoms with Gasteiger partial charge in [0.2, 0.25) is 0 Å². The van der Waals surface area contributed by atoms with Gasteiger partial charge < -0.3 is 14.2 Å². The highest BCUT2D eigenvalue weighted by molar-refractivity contribution is 6.32. The van der Waals surface area contributed by atoms with Gasteiger partial charge in [-0.25, -0.2) is 0 Å². The largest absolute Gasteiger partial charge is 0.495 e. The summed E-state index contributed by atoms with van der Waals surface area (Å²) in [6.45, 7) is 7.80. The van der Waals surface area contributed by atoms with Crippen LogP contribution in [0.4, 0.5) is 0 Å². The molecule has 2 unspecified atom stereocenters. The first kappa shape index (κ1) is 22.0. The summed E-state index contributed by atoms with van der Waals surface area (Å²) in [6.07, 6.45) is 3.52. The monoisotopic (exact) mass is 456 g/mol. The Bertz CT molecular complexity index is 931. The molecule has 0 amide bonds. The van der Waals surface area contributed by atoms with E-state index < -0.39 is 0 Å². The van der Waals surface area contributed by atoms with Crippen molar-refractivity contribution in [3.63, 3.8) is 0 Å². The van der Waals surface area contributed by atoms with Gasteiger partial charge in [0.15, 0.2) is 0 Å². The van der Waals surface area contributed by atoms with E-state index in [-0.39, 0.29) is 0 Å². The molecule has 3 heterocycles. The number of hydrogen-bond donors (Lipinski definition) is 0. The molecule has 0 aromatic heterocycles. The van der Waals surface area contributed by atoms with Gasteiger partial charge in [-0.05, 0) is 66.8 Å². The molecule has 0 radical (unpaired) electrons. The average Bonchev–Trinajstić information content (AvgIpc) is 3.31. The summed E-state index contributed by atoms with van der Waals surface area (Å²) >= 11 is 6.47. The van der Waals surface area contributed by atoms with Gasteiger partial charge in [-0.3, -0.25) is 9.80 Å². The Balaban J connectivity index is 1.31. The quantitative estimate of drug-likeness (QED) is 0.562. The lowest BCUT2D eigenvalue weighted by Gasteiger charge is -2.38. The maximum atomic E-state index is 6.47. The van der Waals surface area contributed by atoms with Gasteiger partial charge in [-0.15, -0.1) is 0 Å². The summed E-state index contributed by atoms with van der Waals surface area (Å²) in [5, 5.41) is 0.676. The molecule has 172 valence electrons. The second-order valence-electron chi connectivity index (χ2n) is 9.05. The number of hydrogen-bond acceptors (Lipinski definition) is 5. The minimum Gasteiger partial charge on any atom is -0.495 e. The zero-order valence-corrected chi connectivity index (χ0v) is 19.7. The Morgan fingerprint density at radius 1 is 1.06 bits per heavy atom. The van der Waals surface area contributed by atoms with Crippen LogP contribution in [0.3, 0.4) is 0 Å². The third kappa shape index (κ3) is 4.62. The van der Waals surface area contributed by atoms with E-state index in [0.717, 1.165) is 70.5 Å². The van der Waals surface area contributed by atoms with E-state index in [9.17, 15) is 0 Å². The number of fused-ring (bicyclic) bond motifs is 3. The van der Waals surface area contributed by atoms with Crippen molar-refractivity contribution in [3.8, 4) is 11.5 Å². The molecule has 2 fully saturated rings. The van der Waals surface area contributed by atoms with Gasteiger partial charge in [-0.1, -0.05) is 23.7 Å². The van der Waals surface area contributed by atoms with Crippen molar-refractivity contribution >= 4 is 11.6 Å². The Hall–Kier alpha value is -1.79. The lowest BCUT2D eigenvalue weighted by Crippen LogP contribution is -2.37. The minimum absolute atomic E-state index is 0.318. The second kappa shape index (κ2) is 10.0. The van der Waals surface area contributed by atoms with Crippen LogP contribution in [0.2, 0.25) is 5.02 Å². The highest BCUT2D eigenvalue weighted by Gasteiger charge is 2.36. The van der Waals surface area contributed by atoms with Crippen molar-refractivity contribution in [1.82, 2.24) is 9.80 Å². The predicted octanol–water partition coefficient (Wildman–Crippen LogP) is 4.73. The molecule has 2 aromatic rings. The SMILES string of the molecule is COc1ccc(C2CN3CCCC3c3cc(OCCCN4CCOCC4)ccc32)cc1Cl. The highest BCUT2D eigenvalue weighted by atomic mass is 35.5. The molecule has 0 aliphatic carbocycles. The van der Waals surface area contributed by atoms with Crippen LogP contribution in [0.25, 0.3) is 0 Å². The number of rotatable bonds is 7. The molecular formula is C26H33ClN2O3. The lowest BCUT2D eigenvalue weighted by atomic mass is 9.81. The Kier molecular flexibility index (Phi) is 6.88. The number of halogens is 1. The molecule has 2 saturated heterocycles. The zero-order chi connectivity index (χ0) is 21.9. The normalized spacial score (nSPS) is 23.6. The van der Waals surface area contributed by atoms with Crippen LogP contribution >= 0.6 is 11.6 Å². The fraction of sp³-hybridized carbons (Fsp3) is 0.538. The summed E-state index contributed by atoms with van der Waals surface area (Å²) in [5.41, 5.74) is 4.09. The minimum atomic E-state index is 0.318. The molecule has 0 saturated carbocycles. The van der Waals surface area contributed by atoms with E-state index in [2.05, 4.69) is 40.1 Å². The van der Waals surface area contributed by atoms with Gasteiger partial charge in [0, 0.05) is 38.1 Å². The van der Waals surface area contributed by atoms with Crippen LogP contribution in [0.1, 0.15) is 47.9 Å². The van der Waals surface area contributed by atoms with Crippen molar-refractivity contribution < 1.29 is 14.2 Å². The van der Waals surface area contributed by atoms with Crippen molar-refractivity contribution in [2.75, 3.05) is 59.7 Å². The van der Waals surface area contributed by atoms with E-state index in [1.54, 1.807) is 7.11 Å². The number of morpholine rings is 1. The molecular weight excluding hydrogens is 424 g/mol. The number of ether oxygens (including phenoxy) is 3. The van der Waals surface area contributed by atoms with Crippen molar-refractivity contribution in [3.05, 3.63) is 58.1 Å². The molecule has 2 atom stereocenters. The van der Waals surface area contributed by atoms with Gasteiger partial charge in [0.25, 0.3) is 0 Å². The first-order valence-corrected chi connectivity index (χ1v) is 12.2. The van der Waals surface area contributed by atoms with E-state index in [1.165, 1.54) is 29.5 Å². The third-order valence-corrected chi connectivity index (χ3v) is 7.44. The van der Waals surface area contributed by atoms with Gasteiger partial charge in [0.05, 0.1) is 32.0 Å². The van der Waals surface area contributed by atoms with Crippen molar-refractivity contribution in [1.29, 1.82) is 0 Å². The topological polar surface area (TPSA) is 34.2 Å². The summed E-state index contributed by atoms with van der Waals surface area (Å²) in [4.78, 5) is 5.09. The smallest absolute Gasteiger partial charge is 0.137 e. The predicted molar refractivity (Wildman–Crippen MR) is 127 cm³/mol. The maximum Gasteiger partial charge on any atom is 0.137 e. The Labute approximate surface area is 196 Å². The summed E-state index contributed by atoms with van der Waals surface area (Å²) in [7, 11) is 1.66. The summed E-state index contributed by atoms with van der Waals surface area (Å²) in [5.74, 6) is 2.04. The van der Waals surface area contributed by atoms with Crippen LogP contribution in [0, 0.1) is 0 Å². The summed E-state index contributed by atoms with van der Waals surface area (Å²) in [6, 6.07) is 13.4. The number of nitrogens with zero attached hydrogens (tertiary/aromatic N) is 2. The fourth-order valence-corrected chi connectivity index (χ4v) is 5.73. The van der Waals surface area contributed by atoms with Crippen molar-refractivity contribution in [2.24, 2.45) is 0 Å². The first-order chi connectivity index (χ1) is 15.7. The van der Waals surface area contributed by atoms with Crippen LogP contribution in [-0.2, 0) is 4.74 Å². The Morgan fingerprint density at radius 2 is 1.94 bits per heavy atom. The average molecular weight is 457 g/mol. The highest BCUT2D eigenvalue weighted by Crippen LogP contribution is 2.46. The summed E-state index contributed by atoms with van der Waals surface area (Å²) < 4.78 is 17.0. The number of methoxy groups -OCH3 is 1. The first-order valence-electron chi connectivity index (χ1n) is 11.9. The molecule has 0 bridgehead atoms. The Morgan fingerprint density at radius 3 is 2.75 bits per heavy atom. The lowest BCUT2D eigenvalue weighted by molar-refractivity contribution is 0.0358. The molecule has 5 rings (SSSR count). The van der Waals surface area contributed by atoms with E-state index in [4.69, 9.17) is 25.8 Å². The molecule has 0 N–H and O–H groups in total. The molecule has 3 aliphatic rings. The molecule has 0 spiro atoms. The van der Waals surface area contributed by atoms with Gasteiger partial charge in [0.1, 0.15) is 11.5 Å². The maximum absolute atomic E-state index is 6.47. The molecule has 32 heavy (non-hydrogen) atoms. The van der Waals surface area contributed by atoms with E-state index in [1.807, 2.05) is 6.07 Å². The second-order valence-corrected chi connectivity index (χ2v) is 9.45. The van der Waals surface area contributed by atoms with Crippen molar-refractivity contribution in [2.45, 2.75) is 31.2 Å². The standard InChI is InChI=1S/C26H33ClN2O3/c1-30-26-8-5-19(16-24(26)27)23-18-29-10-2-4-25(29)22-17-20(6-7-21(22)23)32-13-3-9-28-11-14-31-15-12-28/h5-8,16-17,23,25H,2-4,9-15,18H2,1H3. The van der Waals surface area contributed by atoms with Gasteiger partial charge >= 0.3 is 0 Å². The molecule has 5 nitrogen and oxygen atoms in total. The van der Waals surface area contributed by atoms with Crippen LogP contribution < -0.4 is 9.47 Å².